The second kappa shape index (κ2) is 5.87. The van der Waals surface area contributed by atoms with Gasteiger partial charge in [-0.05, 0) is 18.8 Å². The molecule has 17 heavy (non-hydrogen) atoms. The number of piperidine rings is 1. The quantitative estimate of drug-likeness (QED) is 0.624. The Morgan fingerprint density at radius 2 is 2.29 bits per heavy atom. The first kappa shape index (κ1) is 12.9. The van der Waals surface area contributed by atoms with Crippen LogP contribution in [0.1, 0.15) is 31.7 Å². The highest BCUT2D eigenvalue weighted by atomic mass is 35.5. The normalized spacial score (nSPS) is 20.6. The summed E-state index contributed by atoms with van der Waals surface area (Å²) in [7, 11) is 0. The average molecular weight is 274 g/mol. The zero-order chi connectivity index (χ0) is 12.3. The maximum atomic E-state index is 6.06. The van der Waals surface area contributed by atoms with Crippen molar-refractivity contribution in [1.29, 1.82) is 0 Å². The lowest BCUT2D eigenvalue weighted by Crippen LogP contribution is -2.36. The molecule has 0 amide bonds. The summed E-state index contributed by atoms with van der Waals surface area (Å²) < 4.78 is 0. The van der Waals surface area contributed by atoms with Gasteiger partial charge >= 0.3 is 0 Å². The van der Waals surface area contributed by atoms with Crippen LogP contribution in [0.15, 0.2) is 6.33 Å². The summed E-state index contributed by atoms with van der Waals surface area (Å²) >= 11 is 12.0. The molecule has 0 bridgehead atoms. The van der Waals surface area contributed by atoms with Gasteiger partial charge in [0, 0.05) is 18.7 Å². The van der Waals surface area contributed by atoms with Crippen LogP contribution >= 0.6 is 23.2 Å². The largest absolute Gasteiger partial charge is 0.356 e. The van der Waals surface area contributed by atoms with Gasteiger partial charge in [0.1, 0.15) is 17.3 Å². The SMILES string of the molecule is CCC1CCCN(c2ncnc(Cl)c2CCl)C1. The van der Waals surface area contributed by atoms with Crippen LogP contribution < -0.4 is 4.90 Å². The number of nitrogens with zero attached hydrogens (tertiary/aromatic N) is 3. The van der Waals surface area contributed by atoms with Gasteiger partial charge in [-0.1, -0.05) is 24.9 Å². The fourth-order valence-electron chi connectivity index (χ4n) is 2.36. The minimum atomic E-state index is 0.363. The van der Waals surface area contributed by atoms with Crippen molar-refractivity contribution in [3.05, 3.63) is 17.0 Å². The van der Waals surface area contributed by atoms with Crippen molar-refractivity contribution in [3.8, 4) is 0 Å². The summed E-state index contributed by atoms with van der Waals surface area (Å²) in [5, 5.41) is 0.476. The third-order valence-corrected chi connectivity index (χ3v) is 3.99. The average Bonchev–Trinajstić information content (AvgIpc) is 2.38. The van der Waals surface area contributed by atoms with Gasteiger partial charge < -0.3 is 4.90 Å². The molecular weight excluding hydrogens is 257 g/mol. The van der Waals surface area contributed by atoms with E-state index in [4.69, 9.17) is 23.2 Å². The lowest BCUT2D eigenvalue weighted by molar-refractivity contribution is 0.402. The lowest BCUT2D eigenvalue weighted by atomic mass is 9.95. The Labute approximate surface area is 112 Å². The Bertz CT molecular complexity index is 384. The molecule has 1 saturated heterocycles. The maximum absolute atomic E-state index is 6.06. The van der Waals surface area contributed by atoms with E-state index in [0.29, 0.717) is 11.0 Å². The highest BCUT2D eigenvalue weighted by Crippen LogP contribution is 2.29. The molecule has 94 valence electrons. The predicted molar refractivity (Wildman–Crippen MR) is 71.8 cm³/mol. The van der Waals surface area contributed by atoms with Crippen molar-refractivity contribution in [2.24, 2.45) is 5.92 Å². The van der Waals surface area contributed by atoms with Gasteiger partial charge in [0.05, 0.1) is 5.88 Å². The molecular formula is C12H17Cl2N3. The van der Waals surface area contributed by atoms with Gasteiger partial charge in [0.25, 0.3) is 0 Å². The topological polar surface area (TPSA) is 29.0 Å². The smallest absolute Gasteiger partial charge is 0.138 e. The van der Waals surface area contributed by atoms with Crippen LogP contribution in [-0.4, -0.2) is 23.1 Å². The van der Waals surface area contributed by atoms with Crippen molar-refractivity contribution >= 4 is 29.0 Å². The van der Waals surface area contributed by atoms with Crippen LogP contribution in [0.4, 0.5) is 5.82 Å². The number of hydrogen-bond acceptors (Lipinski definition) is 3. The summed E-state index contributed by atoms with van der Waals surface area (Å²) in [5.74, 6) is 2.03. The fraction of sp³-hybridized carbons (Fsp3) is 0.667. The molecule has 0 radical (unpaired) electrons. The molecule has 0 aromatic carbocycles. The Morgan fingerprint density at radius 1 is 1.47 bits per heavy atom. The van der Waals surface area contributed by atoms with Crippen LogP contribution in [0.2, 0.25) is 5.15 Å². The van der Waals surface area contributed by atoms with E-state index in [1.165, 1.54) is 25.6 Å². The number of anilines is 1. The predicted octanol–water partition coefficient (Wildman–Crippen LogP) is 3.50. The molecule has 0 N–H and O–H groups in total. The Balaban J connectivity index is 2.24. The highest BCUT2D eigenvalue weighted by Gasteiger charge is 2.22. The maximum Gasteiger partial charge on any atom is 0.138 e. The van der Waals surface area contributed by atoms with Gasteiger partial charge in [-0.15, -0.1) is 11.6 Å². The van der Waals surface area contributed by atoms with E-state index in [1.54, 1.807) is 0 Å². The highest BCUT2D eigenvalue weighted by molar-refractivity contribution is 6.31. The molecule has 5 heteroatoms. The third kappa shape index (κ3) is 2.83. The minimum Gasteiger partial charge on any atom is -0.356 e. The van der Waals surface area contributed by atoms with Crippen molar-refractivity contribution in [3.63, 3.8) is 0 Å². The summed E-state index contributed by atoms with van der Waals surface area (Å²) in [6, 6.07) is 0. The van der Waals surface area contributed by atoms with E-state index in [0.717, 1.165) is 30.4 Å². The van der Waals surface area contributed by atoms with Crippen molar-refractivity contribution in [2.75, 3.05) is 18.0 Å². The van der Waals surface area contributed by atoms with E-state index >= 15 is 0 Å². The summed E-state index contributed by atoms with van der Waals surface area (Å²) in [4.78, 5) is 10.6. The number of hydrogen-bond donors (Lipinski definition) is 0. The first-order chi connectivity index (χ1) is 8.26. The molecule has 1 aromatic heterocycles. The van der Waals surface area contributed by atoms with Crippen molar-refractivity contribution in [1.82, 2.24) is 9.97 Å². The number of rotatable bonds is 3. The summed E-state index contributed by atoms with van der Waals surface area (Å²) in [6.07, 6.45) is 5.25. The molecule has 1 aliphatic rings. The van der Waals surface area contributed by atoms with E-state index in [9.17, 15) is 0 Å². The van der Waals surface area contributed by atoms with E-state index in [2.05, 4.69) is 21.8 Å². The van der Waals surface area contributed by atoms with Crippen molar-refractivity contribution < 1.29 is 0 Å². The van der Waals surface area contributed by atoms with Gasteiger partial charge in [0.2, 0.25) is 0 Å². The van der Waals surface area contributed by atoms with Gasteiger partial charge in [-0.3, -0.25) is 0 Å². The zero-order valence-electron chi connectivity index (χ0n) is 9.99. The second-order valence-electron chi connectivity index (χ2n) is 4.46. The molecule has 2 rings (SSSR count). The number of alkyl halides is 1. The first-order valence-electron chi connectivity index (χ1n) is 6.06. The Kier molecular flexibility index (Phi) is 4.46. The molecule has 0 spiro atoms. The zero-order valence-corrected chi connectivity index (χ0v) is 11.5. The number of halogens is 2. The summed E-state index contributed by atoms with van der Waals surface area (Å²) in [5.41, 5.74) is 0.854. The third-order valence-electron chi connectivity index (χ3n) is 3.40. The molecule has 0 aliphatic carbocycles. The van der Waals surface area contributed by atoms with E-state index in [1.807, 2.05) is 0 Å². The molecule has 3 nitrogen and oxygen atoms in total. The monoisotopic (exact) mass is 273 g/mol. The second-order valence-corrected chi connectivity index (χ2v) is 5.09. The van der Waals surface area contributed by atoms with Gasteiger partial charge in [-0.25, -0.2) is 9.97 Å². The fourth-order valence-corrected chi connectivity index (χ4v) is 2.87. The Morgan fingerprint density at radius 3 is 3.00 bits per heavy atom. The number of aromatic nitrogens is 2. The molecule has 1 fully saturated rings. The molecule has 2 heterocycles. The summed E-state index contributed by atoms with van der Waals surface area (Å²) in [6.45, 7) is 4.32. The van der Waals surface area contributed by atoms with E-state index < -0.39 is 0 Å². The molecule has 0 saturated carbocycles. The van der Waals surface area contributed by atoms with Crippen LogP contribution in [-0.2, 0) is 5.88 Å². The van der Waals surface area contributed by atoms with Crippen LogP contribution in [0.3, 0.4) is 0 Å². The van der Waals surface area contributed by atoms with Gasteiger partial charge in [-0.2, -0.15) is 0 Å². The molecule has 1 unspecified atom stereocenters. The molecule has 1 aromatic rings. The molecule has 1 aliphatic heterocycles. The van der Waals surface area contributed by atoms with E-state index in [-0.39, 0.29) is 0 Å². The minimum absolute atomic E-state index is 0.363. The lowest BCUT2D eigenvalue weighted by Gasteiger charge is -2.34. The molecule has 1 atom stereocenters. The first-order valence-corrected chi connectivity index (χ1v) is 6.97. The van der Waals surface area contributed by atoms with Gasteiger partial charge in [0.15, 0.2) is 0 Å². The standard InChI is InChI=1S/C12H17Cl2N3/c1-2-9-4-3-5-17(7-9)12-10(6-13)11(14)15-8-16-12/h8-9H,2-7H2,1H3. The van der Waals surface area contributed by atoms with Crippen LogP contribution in [0.5, 0.6) is 0 Å². The van der Waals surface area contributed by atoms with Crippen LogP contribution in [0.25, 0.3) is 0 Å². The Hall–Kier alpha value is -0.540. The van der Waals surface area contributed by atoms with Crippen LogP contribution in [0, 0.1) is 5.92 Å². The van der Waals surface area contributed by atoms with Crippen molar-refractivity contribution in [2.45, 2.75) is 32.1 Å².